The van der Waals surface area contributed by atoms with Gasteiger partial charge in [-0.05, 0) is 139 Å². The standard InChI is InChI=1S/C44H76O4/c1-3-5-7-9-11-13-15-33-47-39-21-17-35(18-22-39)37-25-29-43(30-26-37)41(45)44(42(43)46)31-27-38(28-32-44)36-19-23-40(24-20-36)48-34-16-14-12-10-8-6-4-2/h35-40H,3-34H2,1-2H3. The first kappa shape index (κ1) is 38.5. The molecule has 0 aromatic rings. The number of Topliss-reactive ketones (excluding diaryl/α,β-unsaturated/α-hetero) is 2. The molecule has 276 valence electrons. The lowest BCUT2D eigenvalue weighted by Crippen LogP contribution is -2.68. The van der Waals surface area contributed by atoms with Crippen molar-refractivity contribution in [3.8, 4) is 0 Å². The van der Waals surface area contributed by atoms with Crippen LogP contribution in [0.1, 0.15) is 206 Å². The van der Waals surface area contributed by atoms with Crippen LogP contribution in [0.15, 0.2) is 0 Å². The van der Waals surface area contributed by atoms with Crippen molar-refractivity contribution in [2.75, 3.05) is 13.2 Å². The highest BCUT2D eigenvalue weighted by molar-refractivity contribution is 6.30. The molecule has 0 aromatic heterocycles. The van der Waals surface area contributed by atoms with Crippen LogP contribution in [0.3, 0.4) is 0 Å². The largest absolute Gasteiger partial charge is 0.378 e. The molecule has 0 bridgehead atoms. The van der Waals surface area contributed by atoms with E-state index in [0.717, 1.165) is 76.4 Å². The van der Waals surface area contributed by atoms with E-state index >= 15 is 0 Å². The van der Waals surface area contributed by atoms with Crippen LogP contribution in [0, 0.1) is 34.5 Å². The number of rotatable bonds is 20. The van der Waals surface area contributed by atoms with Gasteiger partial charge in [0, 0.05) is 13.2 Å². The molecule has 0 radical (unpaired) electrons. The van der Waals surface area contributed by atoms with Crippen molar-refractivity contribution < 1.29 is 19.1 Å². The maximum absolute atomic E-state index is 13.9. The summed E-state index contributed by atoms with van der Waals surface area (Å²) in [5, 5.41) is 0. The van der Waals surface area contributed by atoms with E-state index in [2.05, 4.69) is 13.8 Å². The summed E-state index contributed by atoms with van der Waals surface area (Å²) in [6.45, 7) is 6.44. The van der Waals surface area contributed by atoms with Crippen LogP contribution in [0.2, 0.25) is 0 Å². The van der Waals surface area contributed by atoms with Gasteiger partial charge in [-0.1, -0.05) is 90.9 Å². The highest BCUT2D eigenvalue weighted by atomic mass is 16.5. The van der Waals surface area contributed by atoms with Gasteiger partial charge >= 0.3 is 0 Å². The van der Waals surface area contributed by atoms with Gasteiger partial charge in [0.2, 0.25) is 0 Å². The number of carbonyl (C=O) groups excluding carboxylic acids is 2. The van der Waals surface area contributed by atoms with Crippen molar-refractivity contribution in [3.63, 3.8) is 0 Å². The average Bonchev–Trinajstić information content (AvgIpc) is 3.14. The molecule has 4 nitrogen and oxygen atoms in total. The Labute approximate surface area is 296 Å². The van der Waals surface area contributed by atoms with Crippen LogP contribution in [0.5, 0.6) is 0 Å². The first-order valence-corrected chi connectivity index (χ1v) is 21.9. The third-order valence-corrected chi connectivity index (χ3v) is 14.5. The zero-order valence-corrected chi connectivity index (χ0v) is 31.7. The van der Waals surface area contributed by atoms with Crippen LogP contribution in [-0.4, -0.2) is 37.0 Å². The molecule has 48 heavy (non-hydrogen) atoms. The molecule has 0 atom stereocenters. The molecule has 4 heteroatoms. The topological polar surface area (TPSA) is 52.6 Å². The fourth-order valence-corrected chi connectivity index (χ4v) is 11.2. The van der Waals surface area contributed by atoms with Gasteiger partial charge < -0.3 is 9.47 Å². The Balaban J connectivity index is 0.931. The van der Waals surface area contributed by atoms with Crippen molar-refractivity contribution >= 4 is 11.6 Å². The lowest BCUT2D eigenvalue weighted by atomic mass is 9.41. The molecule has 0 N–H and O–H groups in total. The Hall–Kier alpha value is -0.740. The first-order valence-electron chi connectivity index (χ1n) is 21.9. The van der Waals surface area contributed by atoms with Gasteiger partial charge in [-0.2, -0.15) is 0 Å². The van der Waals surface area contributed by atoms with Crippen LogP contribution >= 0.6 is 0 Å². The molecule has 0 aromatic carbocycles. The van der Waals surface area contributed by atoms with Crippen molar-refractivity contribution in [3.05, 3.63) is 0 Å². The summed E-state index contributed by atoms with van der Waals surface area (Å²) in [7, 11) is 0. The molecule has 0 heterocycles. The van der Waals surface area contributed by atoms with Gasteiger partial charge in [0.25, 0.3) is 0 Å². The maximum atomic E-state index is 13.9. The SMILES string of the molecule is CCCCCCCCCOC1CCC(C2CCC3(CC2)C(=O)C2(CCC(C4CCC(OCCCCCCCCC)CC4)CC2)C3=O)CC1. The van der Waals surface area contributed by atoms with Crippen LogP contribution in [0.4, 0.5) is 0 Å². The Morgan fingerprint density at radius 1 is 0.417 bits per heavy atom. The third kappa shape index (κ3) is 9.77. The fourth-order valence-electron chi connectivity index (χ4n) is 11.2. The number of ketones is 2. The second kappa shape index (κ2) is 19.8. The van der Waals surface area contributed by atoms with E-state index in [1.165, 1.54) is 141 Å². The van der Waals surface area contributed by atoms with E-state index in [0.29, 0.717) is 35.6 Å². The van der Waals surface area contributed by atoms with Gasteiger partial charge in [-0.3, -0.25) is 9.59 Å². The molecule has 0 unspecified atom stereocenters. The van der Waals surface area contributed by atoms with Crippen molar-refractivity contribution in [2.24, 2.45) is 34.5 Å². The molecule has 5 fully saturated rings. The lowest BCUT2D eigenvalue weighted by molar-refractivity contribution is -0.179. The van der Waals surface area contributed by atoms with Gasteiger partial charge in [0.1, 0.15) is 0 Å². The van der Waals surface area contributed by atoms with Gasteiger partial charge in [0.05, 0.1) is 23.0 Å². The zero-order valence-electron chi connectivity index (χ0n) is 31.7. The van der Waals surface area contributed by atoms with Crippen LogP contribution < -0.4 is 0 Å². The number of unbranched alkanes of at least 4 members (excludes halogenated alkanes) is 12. The monoisotopic (exact) mass is 669 g/mol. The van der Waals surface area contributed by atoms with E-state index < -0.39 is 10.8 Å². The molecule has 5 aliphatic carbocycles. The second-order valence-corrected chi connectivity index (χ2v) is 17.6. The van der Waals surface area contributed by atoms with Gasteiger partial charge in [0.15, 0.2) is 11.6 Å². The quantitative estimate of drug-likeness (QED) is 0.0957. The molecular formula is C44H76O4. The summed E-state index contributed by atoms with van der Waals surface area (Å²) in [4.78, 5) is 27.9. The molecular weight excluding hydrogens is 592 g/mol. The van der Waals surface area contributed by atoms with Gasteiger partial charge in [-0.25, -0.2) is 0 Å². The Morgan fingerprint density at radius 2 is 0.708 bits per heavy atom. The van der Waals surface area contributed by atoms with E-state index in [4.69, 9.17) is 9.47 Å². The smallest absolute Gasteiger partial charge is 0.159 e. The van der Waals surface area contributed by atoms with Crippen molar-refractivity contribution in [2.45, 2.75) is 219 Å². The first-order chi connectivity index (χ1) is 23.5. The maximum Gasteiger partial charge on any atom is 0.159 e. The van der Waals surface area contributed by atoms with E-state index in [1.54, 1.807) is 0 Å². The highest BCUT2D eigenvalue weighted by Gasteiger charge is 2.71. The summed E-state index contributed by atoms with van der Waals surface area (Å²) in [5.74, 6) is 3.72. The predicted molar refractivity (Wildman–Crippen MR) is 198 cm³/mol. The Bertz CT molecular complexity index is 834. The summed E-state index contributed by atoms with van der Waals surface area (Å²) in [6.07, 6.45) is 37.4. The summed E-state index contributed by atoms with van der Waals surface area (Å²) in [6, 6.07) is 0. The number of hydrogen-bond donors (Lipinski definition) is 0. The molecule has 2 spiro atoms. The van der Waals surface area contributed by atoms with Crippen molar-refractivity contribution in [1.82, 2.24) is 0 Å². The zero-order chi connectivity index (χ0) is 33.7. The molecule has 5 saturated carbocycles. The molecule has 0 aliphatic heterocycles. The van der Waals surface area contributed by atoms with Crippen molar-refractivity contribution in [1.29, 1.82) is 0 Å². The minimum atomic E-state index is -0.592. The molecule has 5 aliphatic rings. The Morgan fingerprint density at radius 3 is 1.04 bits per heavy atom. The third-order valence-electron chi connectivity index (χ3n) is 14.5. The predicted octanol–water partition coefficient (Wildman–Crippen LogP) is 12.1. The average molecular weight is 669 g/mol. The molecule has 5 rings (SSSR count). The second-order valence-electron chi connectivity index (χ2n) is 17.6. The Kier molecular flexibility index (Phi) is 15.8. The number of ether oxygens (including phenoxy) is 2. The fraction of sp³-hybridized carbons (Fsp3) is 0.955. The number of carbonyl (C=O) groups is 2. The molecule has 0 amide bonds. The lowest BCUT2D eigenvalue weighted by Gasteiger charge is -2.58. The minimum absolute atomic E-state index is 0.377. The normalized spacial score (nSPS) is 35.7. The van der Waals surface area contributed by atoms with E-state index in [1.807, 2.05) is 0 Å². The highest BCUT2D eigenvalue weighted by Crippen LogP contribution is 2.62. The van der Waals surface area contributed by atoms with Crippen LogP contribution in [0.25, 0.3) is 0 Å². The van der Waals surface area contributed by atoms with E-state index in [9.17, 15) is 9.59 Å². The van der Waals surface area contributed by atoms with Crippen LogP contribution in [-0.2, 0) is 19.1 Å². The summed E-state index contributed by atoms with van der Waals surface area (Å²) < 4.78 is 12.6. The summed E-state index contributed by atoms with van der Waals surface area (Å²) >= 11 is 0. The van der Waals surface area contributed by atoms with Gasteiger partial charge in [-0.15, -0.1) is 0 Å². The summed E-state index contributed by atoms with van der Waals surface area (Å²) in [5.41, 5.74) is -1.18. The molecule has 0 saturated heterocycles. The number of hydrogen-bond acceptors (Lipinski definition) is 4. The minimum Gasteiger partial charge on any atom is -0.378 e. The van der Waals surface area contributed by atoms with E-state index in [-0.39, 0.29) is 0 Å².